The first-order chi connectivity index (χ1) is 14.9. The summed E-state index contributed by atoms with van der Waals surface area (Å²) in [5, 5.41) is 13.5. The van der Waals surface area contributed by atoms with Gasteiger partial charge in [-0.2, -0.15) is 5.10 Å². The Labute approximate surface area is 191 Å². The highest BCUT2D eigenvalue weighted by Crippen LogP contribution is 2.56. The summed E-state index contributed by atoms with van der Waals surface area (Å²) in [7, 11) is -1.68. The SMILES string of the molecule is Cc1ccc(C)c(NC(=O)N2Cc3c(NC(=O)C4([Si](C)(C)C)CCC4)n[nH]c3C2(C)C)c1. The molecule has 0 atom stereocenters. The molecular weight excluding hydrogens is 418 g/mol. The van der Waals surface area contributed by atoms with Gasteiger partial charge < -0.3 is 15.5 Å². The van der Waals surface area contributed by atoms with Gasteiger partial charge in [-0.05, 0) is 57.7 Å². The Morgan fingerprint density at radius 1 is 1.12 bits per heavy atom. The van der Waals surface area contributed by atoms with Crippen LogP contribution in [0.4, 0.5) is 16.3 Å². The lowest BCUT2D eigenvalue weighted by molar-refractivity contribution is -0.121. The molecule has 32 heavy (non-hydrogen) atoms. The summed E-state index contributed by atoms with van der Waals surface area (Å²) in [4.78, 5) is 28.4. The van der Waals surface area contributed by atoms with E-state index in [9.17, 15) is 9.59 Å². The smallest absolute Gasteiger partial charge is 0.309 e. The molecule has 4 rings (SSSR count). The molecule has 3 N–H and O–H groups in total. The number of rotatable bonds is 4. The predicted octanol–water partition coefficient (Wildman–Crippen LogP) is 5.51. The molecule has 0 bridgehead atoms. The normalized spacial score (nSPS) is 18.7. The van der Waals surface area contributed by atoms with Crippen LogP contribution in [0, 0.1) is 13.8 Å². The minimum atomic E-state index is -1.68. The van der Waals surface area contributed by atoms with Gasteiger partial charge in [0, 0.05) is 16.3 Å². The van der Waals surface area contributed by atoms with E-state index in [1.807, 2.05) is 45.9 Å². The van der Waals surface area contributed by atoms with Gasteiger partial charge in [0.05, 0.1) is 25.9 Å². The van der Waals surface area contributed by atoms with Gasteiger partial charge in [-0.3, -0.25) is 9.89 Å². The fourth-order valence-electron chi connectivity index (χ4n) is 5.07. The minimum Gasteiger partial charge on any atom is -0.309 e. The van der Waals surface area contributed by atoms with Crippen LogP contribution in [0.3, 0.4) is 0 Å². The van der Waals surface area contributed by atoms with E-state index in [0.29, 0.717) is 12.4 Å². The number of aromatic amines is 1. The average molecular weight is 454 g/mol. The Kier molecular flexibility index (Phi) is 5.27. The van der Waals surface area contributed by atoms with Crippen molar-refractivity contribution >= 4 is 31.5 Å². The third-order valence-corrected chi connectivity index (χ3v) is 11.3. The van der Waals surface area contributed by atoms with Crippen molar-refractivity contribution in [1.82, 2.24) is 15.1 Å². The second-order valence-electron chi connectivity index (χ2n) is 11.0. The highest BCUT2D eigenvalue weighted by Gasteiger charge is 2.54. The van der Waals surface area contributed by atoms with Gasteiger partial charge in [0.2, 0.25) is 5.91 Å². The van der Waals surface area contributed by atoms with Gasteiger partial charge in [-0.1, -0.05) is 38.2 Å². The van der Waals surface area contributed by atoms with Crippen molar-refractivity contribution in [3.8, 4) is 0 Å². The number of nitrogens with zero attached hydrogens (tertiary/aromatic N) is 2. The zero-order valence-electron chi connectivity index (χ0n) is 20.3. The van der Waals surface area contributed by atoms with Crippen LogP contribution in [0.15, 0.2) is 18.2 Å². The van der Waals surface area contributed by atoms with Crippen LogP contribution in [0.5, 0.6) is 0 Å². The molecule has 1 aliphatic carbocycles. The van der Waals surface area contributed by atoms with Crippen molar-refractivity contribution < 1.29 is 9.59 Å². The van der Waals surface area contributed by atoms with Gasteiger partial charge in [-0.25, -0.2) is 4.79 Å². The van der Waals surface area contributed by atoms with E-state index < -0.39 is 13.6 Å². The number of nitrogens with one attached hydrogen (secondary N) is 3. The number of benzene rings is 1. The molecule has 1 saturated carbocycles. The van der Waals surface area contributed by atoms with Crippen molar-refractivity contribution in [2.75, 3.05) is 10.6 Å². The predicted molar refractivity (Wildman–Crippen MR) is 131 cm³/mol. The molecule has 8 heteroatoms. The molecule has 2 aliphatic rings. The Balaban J connectivity index is 1.55. The average Bonchev–Trinajstić information content (AvgIpc) is 3.14. The van der Waals surface area contributed by atoms with Crippen LogP contribution in [-0.2, 0) is 16.9 Å². The lowest BCUT2D eigenvalue weighted by atomic mass is 9.83. The number of urea groups is 1. The second-order valence-corrected chi connectivity index (χ2v) is 16.4. The molecule has 1 fully saturated rings. The quantitative estimate of drug-likeness (QED) is 0.533. The fraction of sp³-hybridized carbons (Fsp3) is 0.542. The topological polar surface area (TPSA) is 90.1 Å². The van der Waals surface area contributed by atoms with Gasteiger partial charge >= 0.3 is 6.03 Å². The first-order valence-corrected chi connectivity index (χ1v) is 14.9. The third-order valence-electron chi connectivity index (χ3n) is 7.66. The molecule has 172 valence electrons. The number of carbonyl (C=O) groups is 2. The van der Waals surface area contributed by atoms with E-state index in [4.69, 9.17) is 0 Å². The molecule has 7 nitrogen and oxygen atoms in total. The van der Waals surface area contributed by atoms with Gasteiger partial charge in [-0.15, -0.1) is 0 Å². The Morgan fingerprint density at radius 3 is 2.41 bits per heavy atom. The molecule has 1 aromatic heterocycles. The summed E-state index contributed by atoms with van der Waals surface area (Å²) >= 11 is 0. The standard InChI is InChI=1S/C24H35N5O2Si/c1-15-9-10-16(2)18(13-15)25-22(31)29-14-17-19(23(29,3)4)27-28-20(17)26-21(30)24(11-8-12-24)32(5,6)7/h9-10,13H,8,11-12,14H2,1-7H3,(H,25,31)(H2,26,27,28,30). The van der Waals surface area contributed by atoms with Crippen molar-refractivity contribution in [2.45, 2.75) is 83.7 Å². The molecule has 3 amide bonds. The molecule has 2 heterocycles. The van der Waals surface area contributed by atoms with Crippen LogP contribution in [0.25, 0.3) is 0 Å². The maximum atomic E-state index is 13.3. The van der Waals surface area contributed by atoms with Crippen LogP contribution >= 0.6 is 0 Å². The number of hydrogen-bond donors (Lipinski definition) is 3. The summed E-state index contributed by atoms with van der Waals surface area (Å²) in [5.74, 6) is 0.651. The molecule has 0 radical (unpaired) electrons. The third kappa shape index (κ3) is 3.45. The highest BCUT2D eigenvalue weighted by molar-refractivity contribution is 6.83. The maximum Gasteiger partial charge on any atom is 0.322 e. The maximum absolute atomic E-state index is 13.3. The number of anilines is 2. The van der Waals surface area contributed by atoms with E-state index in [1.54, 1.807) is 4.90 Å². The van der Waals surface area contributed by atoms with Crippen molar-refractivity contribution in [2.24, 2.45) is 0 Å². The Morgan fingerprint density at radius 2 is 1.81 bits per heavy atom. The number of aromatic nitrogens is 2. The number of amides is 3. The zero-order chi connectivity index (χ0) is 23.5. The van der Waals surface area contributed by atoms with Crippen molar-refractivity contribution in [3.05, 3.63) is 40.6 Å². The van der Waals surface area contributed by atoms with Crippen LogP contribution in [-0.4, -0.2) is 35.1 Å². The molecule has 0 saturated heterocycles. The molecule has 0 spiro atoms. The lowest BCUT2D eigenvalue weighted by Crippen LogP contribution is -2.52. The van der Waals surface area contributed by atoms with Crippen LogP contribution in [0.1, 0.15) is 55.5 Å². The van der Waals surface area contributed by atoms with Crippen LogP contribution < -0.4 is 10.6 Å². The van der Waals surface area contributed by atoms with E-state index in [1.165, 1.54) is 0 Å². The van der Waals surface area contributed by atoms with Gasteiger partial charge in [0.25, 0.3) is 0 Å². The van der Waals surface area contributed by atoms with E-state index >= 15 is 0 Å². The summed E-state index contributed by atoms with van der Waals surface area (Å²) < 4.78 is 0. The molecular formula is C24H35N5O2Si. The lowest BCUT2D eigenvalue weighted by Gasteiger charge is -2.48. The monoisotopic (exact) mass is 453 g/mol. The number of fused-ring (bicyclic) bond motifs is 1. The minimum absolute atomic E-state index is 0.0910. The van der Waals surface area contributed by atoms with Crippen LogP contribution in [0.2, 0.25) is 24.7 Å². The largest absolute Gasteiger partial charge is 0.322 e. The summed E-state index contributed by atoms with van der Waals surface area (Å²) in [5.41, 5.74) is 4.13. The summed E-state index contributed by atoms with van der Waals surface area (Å²) in [6, 6.07) is 5.86. The van der Waals surface area contributed by atoms with Gasteiger partial charge in [0.15, 0.2) is 5.82 Å². The van der Waals surface area contributed by atoms with E-state index in [0.717, 1.165) is 47.3 Å². The summed E-state index contributed by atoms with van der Waals surface area (Å²) in [6.07, 6.45) is 3.02. The Bertz CT molecular complexity index is 1080. The van der Waals surface area contributed by atoms with E-state index in [-0.39, 0.29) is 17.0 Å². The Hall–Kier alpha value is -2.61. The second kappa shape index (κ2) is 7.47. The first kappa shape index (κ1) is 22.6. The highest BCUT2D eigenvalue weighted by atomic mass is 28.3. The first-order valence-electron chi connectivity index (χ1n) is 11.4. The number of aryl methyl sites for hydroxylation is 2. The molecule has 1 aromatic carbocycles. The van der Waals surface area contributed by atoms with Crippen molar-refractivity contribution in [3.63, 3.8) is 0 Å². The fourth-order valence-corrected chi connectivity index (χ4v) is 7.67. The van der Waals surface area contributed by atoms with Gasteiger partial charge in [0.1, 0.15) is 0 Å². The molecule has 0 unspecified atom stereocenters. The summed E-state index contributed by atoms with van der Waals surface area (Å²) in [6.45, 7) is 15.2. The number of H-pyrrole nitrogens is 1. The van der Waals surface area contributed by atoms with E-state index in [2.05, 4.69) is 40.5 Å². The molecule has 1 aliphatic heterocycles. The van der Waals surface area contributed by atoms with Crippen molar-refractivity contribution in [1.29, 1.82) is 0 Å². The molecule has 2 aromatic rings. The zero-order valence-corrected chi connectivity index (χ0v) is 21.3. The number of carbonyl (C=O) groups excluding carboxylic acids is 2. The number of hydrogen-bond acceptors (Lipinski definition) is 3.